The quantitative estimate of drug-likeness (QED) is 0.603. The number of nitrogens with one attached hydrogen (secondary N) is 2. The van der Waals surface area contributed by atoms with E-state index in [4.69, 9.17) is 27.9 Å². The van der Waals surface area contributed by atoms with Crippen LogP contribution in [0.3, 0.4) is 0 Å². The smallest absolute Gasteiger partial charge is 0.221 e. The molecule has 0 aliphatic heterocycles. The number of halogens is 2. The van der Waals surface area contributed by atoms with E-state index in [1.54, 1.807) is 18.2 Å². The number of amides is 1. The zero-order valence-electron chi connectivity index (χ0n) is 11.9. The lowest BCUT2D eigenvalue weighted by atomic mass is 10.3. The van der Waals surface area contributed by atoms with E-state index in [-0.39, 0.29) is 12.5 Å². The van der Waals surface area contributed by atoms with Crippen LogP contribution in [0.25, 0.3) is 0 Å². The van der Waals surface area contributed by atoms with E-state index in [9.17, 15) is 9.90 Å². The first-order valence-corrected chi connectivity index (χ1v) is 7.51. The molecule has 0 spiro atoms. The molecule has 21 heavy (non-hydrogen) atoms. The second-order valence-electron chi connectivity index (χ2n) is 4.45. The third-order valence-electron chi connectivity index (χ3n) is 2.62. The molecule has 0 aliphatic carbocycles. The third-order valence-corrected chi connectivity index (χ3v) is 3.36. The van der Waals surface area contributed by atoms with E-state index < -0.39 is 6.10 Å². The molecular formula is C14H20Cl2N2O3. The highest BCUT2D eigenvalue weighted by Crippen LogP contribution is 2.26. The second kappa shape index (κ2) is 9.84. The Balaban J connectivity index is 2.17. The summed E-state index contributed by atoms with van der Waals surface area (Å²) in [4.78, 5) is 11.2. The first kappa shape index (κ1) is 18.0. The highest BCUT2D eigenvalue weighted by atomic mass is 35.5. The monoisotopic (exact) mass is 334 g/mol. The van der Waals surface area contributed by atoms with Gasteiger partial charge in [-0.1, -0.05) is 23.2 Å². The van der Waals surface area contributed by atoms with Gasteiger partial charge in [0.25, 0.3) is 0 Å². The summed E-state index contributed by atoms with van der Waals surface area (Å²) in [6.07, 6.45) is -0.289. The molecular weight excluding hydrogens is 315 g/mol. The lowest BCUT2D eigenvalue weighted by molar-refractivity contribution is -0.120. The molecule has 7 heteroatoms. The zero-order valence-corrected chi connectivity index (χ0v) is 13.4. The Labute approximate surface area is 134 Å². The standard InChI is InChI=1S/C14H20Cl2N2O3/c1-2-18-14(20)5-6-17-8-10(19)9-21-11-3-4-12(15)13(16)7-11/h3-4,7,10,17,19H,2,5-6,8-9H2,1H3,(H,18,20). The third kappa shape index (κ3) is 7.52. The highest BCUT2D eigenvalue weighted by molar-refractivity contribution is 6.42. The van der Waals surface area contributed by atoms with Crippen molar-refractivity contribution in [3.63, 3.8) is 0 Å². The molecule has 0 saturated carbocycles. The molecule has 0 saturated heterocycles. The molecule has 118 valence electrons. The van der Waals surface area contributed by atoms with Gasteiger partial charge in [0.15, 0.2) is 0 Å². The fraction of sp³-hybridized carbons (Fsp3) is 0.500. The van der Waals surface area contributed by atoms with Crippen molar-refractivity contribution in [1.29, 1.82) is 0 Å². The Morgan fingerprint density at radius 2 is 2.14 bits per heavy atom. The lowest BCUT2D eigenvalue weighted by Crippen LogP contribution is -2.34. The van der Waals surface area contributed by atoms with E-state index in [1.165, 1.54) is 0 Å². The molecule has 0 heterocycles. The van der Waals surface area contributed by atoms with Crippen molar-refractivity contribution in [3.05, 3.63) is 28.2 Å². The molecule has 0 bridgehead atoms. The van der Waals surface area contributed by atoms with Gasteiger partial charge in [-0.2, -0.15) is 0 Å². The summed E-state index contributed by atoms with van der Waals surface area (Å²) in [5.41, 5.74) is 0. The molecule has 5 nitrogen and oxygen atoms in total. The number of aliphatic hydroxyl groups excluding tert-OH is 1. The van der Waals surface area contributed by atoms with Gasteiger partial charge in [0.05, 0.1) is 10.0 Å². The largest absolute Gasteiger partial charge is 0.491 e. The summed E-state index contributed by atoms with van der Waals surface area (Å²) in [5.74, 6) is 0.539. The minimum absolute atomic E-state index is 0.00783. The van der Waals surface area contributed by atoms with Crippen molar-refractivity contribution in [3.8, 4) is 5.75 Å². The molecule has 1 aromatic rings. The number of carbonyl (C=O) groups excluding carboxylic acids is 1. The fourth-order valence-corrected chi connectivity index (χ4v) is 1.86. The van der Waals surface area contributed by atoms with Crippen molar-refractivity contribution in [2.45, 2.75) is 19.4 Å². The predicted octanol–water partition coefficient (Wildman–Crippen LogP) is 1.85. The summed E-state index contributed by atoms with van der Waals surface area (Å²) < 4.78 is 5.41. The van der Waals surface area contributed by atoms with Gasteiger partial charge in [-0.15, -0.1) is 0 Å². The van der Waals surface area contributed by atoms with Crippen molar-refractivity contribution in [2.75, 3.05) is 26.2 Å². The summed E-state index contributed by atoms with van der Waals surface area (Å²) in [5, 5.41) is 16.3. The predicted molar refractivity (Wildman–Crippen MR) is 84.1 cm³/mol. The average Bonchev–Trinajstić information content (AvgIpc) is 2.45. The maximum Gasteiger partial charge on any atom is 0.221 e. The van der Waals surface area contributed by atoms with E-state index in [1.807, 2.05) is 6.92 Å². The fourth-order valence-electron chi connectivity index (χ4n) is 1.57. The Hall–Kier alpha value is -1.01. The van der Waals surface area contributed by atoms with Crippen molar-refractivity contribution in [2.24, 2.45) is 0 Å². The highest BCUT2D eigenvalue weighted by Gasteiger charge is 2.07. The van der Waals surface area contributed by atoms with Crippen LogP contribution in [0.15, 0.2) is 18.2 Å². The summed E-state index contributed by atoms with van der Waals surface area (Å²) in [6.45, 7) is 3.48. The Kier molecular flexibility index (Phi) is 8.45. The van der Waals surface area contributed by atoms with Gasteiger partial charge >= 0.3 is 0 Å². The number of aliphatic hydroxyl groups is 1. The van der Waals surface area contributed by atoms with Crippen LogP contribution in [-0.2, 0) is 4.79 Å². The SMILES string of the molecule is CCNC(=O)CCNCC(O)COc1ccc(Cl)c(Cl)c1. The molecule has 3 N–H and O–H groups in total. The van der Waals surface area contributed by atoms with Crippen molar-refractivity contribution in [1.82, 2.24) is 10.6 Å². The molecule has 1 atom stereocenters. The number of carbonyl (C=O) groups is 1. The average molecular weight is 335 g/mol. The van der Waals surface area contributed by atoms with E-state index in [2.05, 4.69) is 10.6 Å². The summed E-state index contributed by atoms with van der Waals surface area (Å²) >= 11 is 11.7. The topological polar surface area (TPSA) is 70.6 Å². The molecule has 0 fully saturated rings. The molecule has 0 aliphatic rings. The van der Waals surface area contributed by atoms with Crippen LogP contribution in [0.1, 0.15) is 13.3 Å². The van der Waals surface area contributed by atoms with Crippen LogP contribution in [0.5, 0.6) is 5.75 Å². The van der Waals surface area contributed by atoms with Gasteiger partial charge in [-0.3, -0.25) is 4.79 Å². The lowest BCUT2D eigenvalue weighted by Gasteiger charge is -2.13. The first-order valence-electron chi connectivity index (χ1n) is 6.76. The first-order chi connectivity index (χ1) is 10.0. The van der Waals surface area contributed by atoms with Gasteiger partial charge in [0, 0.05) is 32.1 Å². The molecule has 1 aromatic carbocycles. The summed E-state index contributed by atoms with van der Waals surface area (Å²) in [6, 6.07) is 4.92. The van der Waals surface area contributed by atoms with E-state index >= 15 is 0 Å². The van der Waals surface area contributed by atoms with Gasteiger partial charge in [0.1, 0.15) is 18.5 Å². The molecule has 0 aromatic heterocycles. The van der Waals surface area contributed by atoms with E-state index in [0.29, 0.717) is 41.8 Å². The van der Waals surface area contributed by atoms with Gasteiger partial charge < -0.3 is 20.5 Å². The number of hydrogen-bond donors (Lipinski definition) is 3. The number of benzene rings is 1. The van der Waals surface area contributed by atoms with Crippen LogP contribution < -0.4 is 15.4 Å². The minimum Gasteiger partial charge on any atom is -0.491 e. The Morgan fingerprint density at radius 1 is 1.38 bits per heavy atom. The Bertz CT molecular complexity index is 458. The molecule has 1 rings (SSSR count). The number of ether oxygens (including phenoxy) is 1. The molecule has 1 unspecified atom stereocenters. The Morgan fingerprint density at radius 3 is 2.81 bits per heavy atom. The maximum atomic E-state index is 11.2. The minimum atomic E-state index is -0.673. The summed E-state index contributed by atoms with van der Waals surface area (Å²) in [7, 11) is 0. The molecule has 0 radical (unpaired) electrons. The van der Waals surface area contributed by atoms with Crippen LogP contribution in [-0.4, -0.2) is 43.4 Å². The number of hydrogen-bond acceptors (Lipinski definition) is 4. The van der Waals surface area contributed by atoms with Crippen molar-refractivity contribution < 1.29 is 14.6 Å². The molecule has 1 amide bonds. The van der Waals surface area contributed by atoms with Crippen LogP contribution in [0.2, 0.25) is 10.0 Å². The van der Waals surface area contributed by atoms with Crippen LogP contribution >= 0.6 is 23.2 Å². The number of rotatable bonds is 9. The van der Waals surface area contributed by atoms with Gasteiger partial charge in [-0.25, -0.2) is 0 Å². The van der Waals surface area contributed by atoms with Crippen molar-refractivity contribution >= 4 is 29.1 Å². The van der Waals surface area contributed by atoms with Gasteiger partial charge in [-0.05, 0) is 19.1 Å². The zero-order chi connectivity index (χ0) is 15.7. The maximum absolute atomic E-state index is 11.2. The normalized spacial score (nSPS) is 12.0. The van der Waals surface area contributed by atoms with Crippen LogP contribution in [0, 0.1) is 0 Å². The van der Waals surface area contributed by atoms with Crippen LogP contribution in [0.4, 0.5) is 0 Å². The van der Waals surface area contributed by atoms with E-state index in [0.717, 1.165) is 0 Å². The van der Waals surface area contributed by atoms with Gasteiger partial charge in [0.2, 0.25) is 5.91 Å². The second-order valence-corrected chi connectivity index (χ2v) is 5.26.